The first-order valence-electron chi connectivity index (χ1n) is 14.1. The molecule has 0 aromatic heterocycles. The summed E-state index contributed by atoms with van der Waals surface area (Å²) < 4.78 is 15.1. The van der Waals surface area contributed by atoms with Crippen molar-refractivity contribution < 1.29 is 14.3 Å². The van der Waals surface area contributed by atoms with E-state index >= 15 is 0 Å². The number of hydrogen-bond donors (Lipinski definition) is 1. The van der Waals surface area contributed by atoms with Crippen molar-refractivity contribution in [2.45, 2.75) is 50.7 Å². The summed E-state index contributed by atoms with van der Waals surface area (Å²) in [7, 11) is 2.17. The highest BCUT2D eigenvalue weighted by molar-refractivity contribution is 9.11. The van der Waals surface area contributed by atoms with Gasteiger partial charge in [-0.05, 0) is 95.9 Å². The zero-order valence-corrected chi connectivity index (χ0v) is 26.1. The Balaban J connectivity index is 1.41. The van der Waals surface area contributed by atoms with Crippen LogP contribution in [0, 0.1) is 6.92 Å². The average Bonchev–Trinajstić information content (AvgIpc) is 3.28. The standard InChI is InChI=1S/C34H30Br2N2O3/c1-20-18-30-27(19-28(20)37-22-14-12-21(35)13-15-22)34(25-11-7-6-10-24(25)33(39)41-34)26-16-17-29(31(36)32(26)40-30)38(2)23-8-4-3-5-9-23/h6-7,10-19,23,37H,3-5,8-9H2,1-2H3. The van der Waals surface area contributed by atoms with Gasteiger partial charge in [0.25, 0.3) is 0 Å². The molecule has 1 fully saturated rings. The Hall–Kier alpha value is -3.29. The highest BCUT2D eigenvalue weighted by Gasteiger charge is 2.54. The fraction of sp³-hybridized carbons (Fsp3) is 0.265. The molecule has 41 heavy (non-hydrogen) atoms. The predicted octanol–water partition coefficient (Wildman–Crippen LogP) is 9.60. The van der Waals surface area contributed by atoms with Gasteiger partial charge in [-0.2, -0.15) is 0 Å². The molecule has 208 valence electrons. The van der Waals surface area contributed by atoms with Crippen LogP contribution in [0.25, 0.3) is 0 Å². The average molecular weight is 674 g/mol. The van der Waals surface area contributed by atoms with Gasteiger partial charge in [-0.15, -0.1) is 0 Å². The minimum Gasteiger partial charge on any atom is -0.455 e. The molecule has 1 saturated carbocycles. The summed E-state index contributed by atoms with van der Waals surface area (Å²) in [6.45, 7) is 2.06. The summed E-state index contributed by atoms with van der Waals surface area (Å²) in [5.74, 6) is 1.04. The number of ether oxygens (including phenoxy) is 2. The molecule has 2 heterocycles. The quantitative estimate of drug-likeness (QED) is 0.219. The lowest BCUT2D eigenvalue weighted by atomic mass is 9.77. The number of rotatable bonds is 4. The molecule has 0 bridgehead atoms. The van der Waals surface area contributed by atoms with Gasteiger partial charge in [0.05, 0.1) is 15.7 Å². The SMILES string of the molecule is Cc1cc2c(cc1Nc1ccc(Br)cc1)C1(OC(=O)c3ccccc31)c1ccc(N(C)C3CCCCC3)c(Br)c1O2. The summed E-state index contributed by atoms with van der Waals surface area (Å²) in [6, 6.07) is 24.6. The molecule has 1 atom stereocenters. The number of anilines is 3. The molecule has 7 heteroatoms. The van der Waals surface area contributed by atoms with Gasteiger partial charge in [0.1, 0.15) is 5.75 Å². The van der Waals surface area contributed by atoms with Crippen molar-refractivity contribution in [1.82, 2.24) is 0 Å². The molecule has 1 unspecified atom stereocenters. The summed E-state index contributed by atoms with van der Waals surface area (Å²) in [4.78, 5) is 15.8. The van der Waals surface area contributed by atoms with Gasteiger partial charge < -0.3 is 19.7 Å². The smallest absolute Gasteiger partial charge is 0.340 e. The van der Waals surface area contributed by atoms with E-state index in [4.69, 9.17) is 9.47 Å². The zero-order chi connectivity index (χ0) is 28.3. The summed E-state index contributed by atoms with van der Waals surface area (Å²) in [5.41, 5.74) is 5.87. The van der Waals surface area contributed by atoms with Crippen molar-refractivity contribution in [2.24, 2.45) is 0 Å². The second-order valence-corrected chi connectivity index (χ2v) is 12.9. The van der Waals surface area contributed by atoms with E-state index < -0.39 is 5.60 Å². The van der Waals surface area contributed by atoms with Crippen LogP contribution in [-0.2, 0) is 10.3 Å². The molecule has 0 saturated heterocycles. The molecule has 5 nitrogen and oxygen atoms in total. The second-order valence-electron chi connectivity index (χ2n) is 11.2. The first kappa shape index (κ1) is 26.6. The maximum absolute atomic E-state index is 13.4. The van der Waals surface area contributed by atoms with Crippen molar-refractivity contribution in [3.63, 3.8) is 0 Å². The number of benzene rings is 4. The van der Waals surface area contributed by atoms with E-state index in [2.05, 4.69) is 74.2 Å². The van der Waals surface area contributed by atoms with Crippen LogP contribution in [0.5, 0.6) is 11.5 Å². The Bertz CT molecular complexity index is 1680. The zero-order valence-electron chi connectivity index (χ0n) is 23.0. The lowest BCUT2D eigenvalue weighted by Gasteiger charge is -2.39. The van der Waals surface area contributed by atoms with Crippen LogP contribution < -0.4 is 15.0 Å². The lowest BCUT2D eigenvalue weighted by molar-refractivity contribution is 0.0224. The first-order chi connectivity index (χ1) is 19.9. The largest absolute Gasteiger partial charge is 0.455 e. The highest BCUT2D eigenvalue weighted by atomic mass is 79.9. The summed E-state index contributed by atoms with van der Waals surface area (Å²) in [5, 5.41) is 3.55. The van der Waals surface area contributed by atoms with Crippen LogP contribution in [0.4, 0.5) is 17.1 Å². The predicted molar refractivity (Wildman–Crippen MR) is 170 cm³/mol. The van der Waals surface area contributed by atoms with Crippen molar-refractivity contribution in [2.75, 3.05) is 17.3 Å². The number of nitrogens with one attached hydrogen (secondary N) is 1. The highest BCUT2D eigenvalue weighted by Crippen LogP contribution is 2.59. The number of aryl methyl sites for hydroxylation is 1. The van der Waals surface area contributed by atoms with Gasteiger partial charge in [0.15, 0.2) is 11.4 Å². The van der Waals surface area contributed by atoms with E-state index in [9.17, 15) is 4.79 Å². The van der Waals surface area contributed by atoms with Crippen molar-refractivity contribution in [1.29, 1.82) is 0 Å². The van der Waals surface area contributed by atoms with E-state index in [0.717, 1.165) is 48.3 Å². The fourth-order valence-corrected chi connectivity index (χ4v) is 7.57. The van der Waals surface area contributed by atoms with E-state index in [1.54, 1.807) is 0 Å². The number of hydrogen-bond acceptors (Lipinski definition) is 5. The molecule has 1 aliphatic carbocycles. The molecule has 1 spiro atoms. The van der Waals surface area contributed by atoms with Gasteiger partial charge in [-0.3, -0.25) is 0 Å². The van der Waals surface area contributed by atoms with E-state index in [1.807, 2.05) is 54.6 Å². The molecule has 3 aliphatic rings. The minimum absolute atomic E-state index is 0.332. The summed E-state index contributed by atoms with van der Waals surface area (Å²) in [6.07, 6.45) is 6.19. The van der Waals surface area contributed by atoms with Crippen molar-refractivity contribution >= 4 is 54.9 Å². The van der Waals surface area contributed by atoms with E-state index in [1.165, 1.54) is 32.1 Å². The molecule has 2 aliphatic heterocycles. The third-order valence-corrected chi connectivity index (χ3v) is 10.1. The normalized spacial score (nSPS) is 19.2. The van der Waals surface area contributed by atoms with E-state index in [-0.39, 0.29) is 5.97 Å². The molecule has 4 aromatic rings. The topological polar surface area (TPSA) is 50.8 Å². The lowest BCUT2D eigenvalue weighted by Crippen LogP contribution is -2.35. The number of nitrogens with zero attached hydrogens (tertiary/aromatic N) is 1. The van der Waals surface area contributed by atoms with E-state index in [0.29, 0.717) is 23.1 Å². The van der Waals surface area contributed by atoms with Gasteiger partial charge in [-0.25, -0.2) is 4.79 Å². The molecular formula is C34H30Br2N2O3. The molecule has 4 aromatic carbocycles. The van der Waals surface area contributed by atoms with Crippen LogP contribution in [0.2, 0.25) is 0 Å². The number of fused-ring (bicyclic) bond motifs is 6. The Morgan fingerprint density at radius 1 is 0.902 bits per heavy atom. The molecule has 7 rings (SSSR count). The minimum atomic E-state index is -1.13. The van der Waals surface area contributed by atoms with Crippen LogP contribution in [0.15, 0.2) is 81.7 Å². The van der Waals surface area contributed by atoms with Crippen LogP contribution in [-0.4, -0.2) is 19.1 Å². The van der Waals surface area contributed by atoms with Gasteiger partial charge in [-0.1, -0.05) is 53.4 Å². The van der Waals surface area contributed by atoms with Crippen LogP contribution >= 0.6 is 31.9 Å². The Labute approximate surface area is 257 Å². The van der Waals surface area contributed by atoms with Gasteiger partial charge in [0, 0.05) is 45.6 Å². The maximum atomic E-state index is 13.4. The summed E-state index contributed by atoms with van der Waals surface area (Å²) >= 11 is 7.45. The Morgan fingerprint density at radius 3 is 2.44 bits per heavy atom. The number of carbonyl (C=O) groups is 1. The molecule has 0 radical (unpaired) electrons. The van der Waals surface area contributed by atoms with Crippen LogP contribution in [0.1, 0.15) is 64.7 Å². The molecular weight excluding hydrogens is 644 g/mol. The maximum Gasteiger partial charge on any atom is 0.340 e. The molecule has 0 amide bonds. The number of carbonyl (C=O) groups excluding carboxylic acids is 1. The Kier molecular flexibility index (Phi) is 6.62. The number of halogens is 2. The monoisotopic (exact) mass is 672 g/mol. The third kappa shape index (κ3) is 4.28. The van der Waals surface area contributed by atoms with Crippen LogP contribution in [0.3, 0.4) is 0 Å². The second kappa shape index (κ2) is 10.2. The Morgan fingerprint density at radius 2 is 1.66 bits per heavy atom. The third-order valence-electron chi connectivity index (χ3n) is 8.77. The first-order valence-corrected chi connectivity index (χ1v) is 15.7. The van der Waals surface area contributed by atoms with Crippen molar-refractivity contribution in [3.05, 3.63) is 110 Å². The fourth-order valence-electron chi connectivity index (χ4n) is 6.60. The van der Waals surface area contributed by atoms with Gasteiger partial charge >= 0.3 is 5.97 Å². The van der Waals surface area contributed by atoms with Gasteiger partial charge in [0.2, 0.25) is 0 Å². The number of esters is 1. The molecule has 1 N–H and O–H groups in total. The van der Waals surface area contributed by atoms with Crippen molar-refractivity contribution in [3.8, 4) is 11.5 Å².